The van der Waals surface area contributed by atoms with Crippen LogP contribution >= 0.6 is 0 Å². The van der Waals surface area contributed by atoms with E-state index in [0.717, 1.165) is 0 Å². The Morgan fingerprint density at radius 3 is 2.67 bits per heavy atom. The maximum atomic E-state index is 11.3. The van der Waals surface area contributed by atoms with Gasteiger partial charge in [-0.2, -0.15) is 0 Å². The molecule has 1 aromatic rings. The lowest BCUT2D eigenvalue weighted by molar-refractivity contribution is 0.101. The first kappa shape index (κ1) is 14.7. The molecule has 0 saturated carbocycles. The maximum Gasteiger partial charge on any atom is 0.159 e. The quantitative estimate of drug-likeness (QED) is 0.562. The predicted molar refractivity (Wildman–Crippen MR) is 70.9 cm³/mol. The summed E-state index contributed by atoms with van der Waals surface area (Å²) in [5, 5.41) is 0. The first-order valence-corrected chi connectivity index (χ1v) is 7.71. The Morgan fingerprint density at radius 1 is 1.33 bits per heavy atom. The Labute approximate surface area is 108 Å². The molecule has 1 rings (SSSR count). The van der Waals surface area contributed by atoms with Crippen molar-refractivity contribution in [3.63, 3.8) is 0 Å². The molecule has 0 bridgehead atoms. The summed E-state index contributed by atoms with van der Waals surface area (Å²) >= 11 is 0. The Kier molecular flexibility index (Phi) is 5.34. The molecule has 0 unspecified atom stereocenters. The third-order valence-electron chi connectivity index (χ3n) is 2.55. The normalized spacial score (nSPS) is 11.2. The molecular weight excluding hydrogens is 252 g/mol. The fraction of sp³-hybridized carbons (Fsp3) is 0.462. The van der Waals surface area contributed by atoms with Gasteiger partial charge in [0.15, 0.2) is 5.78 Å². The summed E-state index contributed by atoms with van der Waals surface area (Å²) in [4.78, 5) is 11.2. The number of hydrogen-bond acceptors (Lipinski definition) is 4. The van der Waals surface area contributed by atoms with Crippen molar-refractivity contribution < 1.29 is 17.9 Å². The highest BCUT2D eigenvalue weighted by atomic mass is 32.2. The Bertz CT molecular complexity index is 505. The average Bonchev–Trinajstić information content (AvgIpc) is 2.35. The van der Waals surface area contributed by atoms with Gasteiger partial charge < -0.3 is 4.74 Å². The van der Waals surface area contributed by atoms with E-state index in [0.29, 0.717) is 24.3 Å². The van der Waals surface area contributed by atoms with E-state index in [2.05, 4.69) is 0 Å². The van der Waals surface area contributed by atoms with Gasteiger partial charge in [-0.25, -0.2) is 8.42 Å². The van der Waals surface area contributed by atoms with Crippen LogP contribution in [-0.2, 0) is 9.84 Å². The summed E-state index contributed by atoms with van der Waals surface area (Å²) in [6, 6.07) is 6.88. The number of sulfone groups is 1. The number of carbonyl (C=O) groups excluding carboxylic acids is 1. The monoisotopic (exact) mass is 270 g/mol. The molecule has 100 valence electrons. The minimum Gasteiger partial charge on any atom is -0.494 e. The van der Waals surface area contributed by atoms with Gasteiger partial charge in [0.25, 0.3) is 0 Å². The molecule has 4 nitrogen and oxygen atoms in total. The predicted octanol–water partition coefficient (Wildman–Crippen LogP) is 2.09. The minimum atomic E-state index is -2.93. The minimum absolute atomic E-state index is 0.0194. The van der Waals surface area contributed by atoms with Crippen LogP contribution < -0.4 is 4.74 Å². The number of Topliss-reactive ketones (excluding diaryl/α,β-unsaturated/α-hetero) is 1. The van der Waals surface area contributed by atoms with E-state index in [9.17, 15) is 13.2 Å². The number of ether oxygens (including phenoxy) is 1. The maximum absolute atomic E-state index is 11.3. The van der Waals surface area contributed by atoms with Gasteiger partial charge in [-0.05, 0) is 25.5 Å². The molecule has 0 amide bonds. The molecule has 0 aliphatic carbocycles. The SMILES string of the molecule is CCS(=O)(=O)CCCOc1cccc(C(C)=O)c1. The number of carbonyl (C=O) groups is 1. The highest BCUT2D eigenvalue weighted by Gasteiger charge is 2.07. The van der Waals surface area contributed by atoms with Gasteiger partial charge in [0.2, 0.25) is 0 Å². The Balaban J connectivity index is 2.45. The van der Waals surface area contributed by atoms with Crippen molar-refractivity contribution in [1.29, 1.82) is 0 Å². The van der Waals surface area contributed by atoms with Crippen molar-refractivity contribution in [2.24, 2.45) is 0 Å². The van der Waals surface area contributed by atoms with Gasteiger partial charge in [0, 0.05) is 11.3 Å². The van der Waals surface area contributed by atoms with Crippen LogP contribution in [0.15, 0.2) is 24.3 Å². The molecule has 5 heteroatoms. The molecule has 0 heterocycles. The van der Waals surface area contributed by atoms with Gasteiger partial charge in [-0.1, -0.05) is 19.1 Å². The zero-order valence-electron chi connectivity index (χ0n) is 10.7. The van der Waals surface area contributed by atoms with E-state index in [1.165, 1.54) is 6.92 Å². The van der Waals surface area contributed by atoms with E-state index < -0.39 is 9.84 Å². The molecule has 0 radical (unpaired) electrons. The molecule has 0 aliphatic heterocycles. The van der Waals surface area contributed by atoms with Crippen molar-refractivity contribution in [3.8, 4) is 5.75 Å². The largest absolute Gasteiger partial charge is 0.494 e. The molecule has 0 saturated heterocycles. The van der Waals surface area contributed by atoms with Gasteiger partial charge in [0.05, 0.1) is 12.4 Å². The second-order valence-electron chi connectivity index (χ2n) is 4.02. The van der Waals surface area contributed by atoms with Crippen molar-refractivity contribution in [1.82, 2.24) is 0 Å². The molecule has 0 aromatic heterocycles. The Hall–Kier alpha value is -1.36. The van der Waals surface area contributed by atoms with E-state index in [1.54, 1.807) is 31.2 Å². The number of hydrogen-bond donors (Lipinski definition) is 0. The molecule has 1 aromatic carbocycles. The van der Waals surface area contributed by atoms with Crippen LogP contribution in [-0.4, -0.2) is 32.3 Å². The van der Waals surface area contributed by atoms with Crippen LogP contribution in [0.1, 0.15) is 30.6 Å². The smallest absolute Gasteiger partial charge is 0.159 e. The second-order valence-corrected chi connectivity index (χ2v) is 6.50. The summed E-state index contributed by atoms with van der Waals surface area (Å²) in [6.07, 6.45) is 0.459. The van der Waals surface area contributed by atoms with Crippen LogP contribution in [0.25, 0.3) is 0 Å². The summed E-state index contributed by atoms with van der Waals surface area (Å²) in [5.74, 6) is 0.869. The fourth-order valence-electron chi connectivity index (χ4n) is 1.42. The molecule has 0 atom stereocenters. The van der Waals surface area contributed by atoms with Gasteiger partial charge in [-0.3, -0.25) is 4.79 Å². The third kappa shape index (κ3) is 4.87. The highest BCUT2D eigenvalue weighted by molar-refractivity contribution is 7.91. The lowest BCUT2D eigenvalue weighted by atomic mass is 10.1. The molecule has 0 aliphatic rings. The van der Waals surface area contributed by atoms with Crippen LogP contribution in [0.2, 0.25) is 0 Å². The zero-order chi connectivity index (χ0) is 13.6. The lowest BCUT2D eigenvalue weighted by Gasteiger charge is -2.07. The van der Waals surface area contributed by atoms with Gasteiger partial charge >= 0.3 is 0 Å². The number of rotatable bonds is 7. The van der Waals surface area contributed by atoms with Gasteiger partial charge in [-0.15, -0.1) is 0 Å². The van der Waals surface area contributed by atoms with Crippen LogP contribution in [0.5, 0.6) is 5.75 Å². The van der Waals surface area contributed by atoms with Crippen LogP contribution in [0.4, 0.5) is 0 Å². The topological polar surface area (TPSA) is 60.4 Å². The van der Waals surface area contributed by atoms with Crippen molar-refractivity contribution in [3.05, 3.63) is 29.8 Å². The van der Waals surface area contributed by atoms with Gasteiger partial charge in [0.1, 0.15) is 15.6 Å². The van der Waals surface area contributed by atoms with Crippen LogP contribution in [0.3, 0.4) is 0 Å². The van der Waals surface area contributed by atoms with E-state index in [1.807, 2.05) is 0 Å². The fourth-order valence-corrected chi connectivity index (χ4v) is 2.26. The molecular formula is C13H18O4S. The molecule has 0 spiro atoms. The highest BCUT2D eigenvalue weighted by Crippen LogP contribution is 2.14. The summed E-state index contributed by atoms with van der Waals surface area (Å²) in [5.41, 5.74) is 0.591. The van der Waals surface area contributed by atoms with E-state index >= 15 is 0 Å². The average molecular weight is 270 g/mol. The first-order chi connectivity index (χ1) is 8.44. The van der Waals surface area contributed by atoms with E-state index in [-0.39, 0.29) is 17.3 Å². The Morgan fingerprint density at radius 2 is 2.06 bits per heavy atom. The molecule has 0 fully saturated rings. The standard InChI is InChI=1S/C13H18O4S/c1-3-18(15,16)9-5-8-17-13-7-4-6-12(10-13)11(2)14/h4,6-7,10H,3,5,8-9H2,1-2H3. The second kappa shape index (κ2) is 6.54. The van der Waals surface area contributed by atoms with Crippen molar-refractivity contribution in [2.75, 3.05) is 18.1 Å². The summed E-state index contributed by atoms with van der Waals surface area (Å²) in [6.45, 7) is 3.46. The summed E-state index contributed by atoms with van der Waals surface area (Å²) < 4.78 is 27.9. The number of benzene rings is 1. The summed E-state index contributed by atoms with van der Waals surface area (Å²) in [7, 11) is -2.93. The van der Waals surface area contributed by atoms with E-state index in [4.69, 9.17) is 4.74 Å². The molecule has 0 N–H and O–H groups in total. The van der Waals surface area contributed by atoms with Crippen molar-refractivity contribution >= 4 is 15.6 Å². The lowest BCUT2D eigenvalue weighted by Crippen LogP contribution is -2.11. The number of ketones is 1. The molecule has 18 heavy (non-hydrogen) atoms. The van der Waals surface area contributed by atoms with Crippen molar-refractivity contribution in [2.45, 2.75) is 20.3 Å². The third-order valence-corrected chi connectivity index (χ3v) is 4.34. The van der Waals surface area contributed by atoms with Crippen LogP contribution in [0, 0.1) is 0 Å². The first-order valence-electron chi connectivity index (χ1n) is 5.89. The zero-order valence-corrected chi connectivity index (χ0v) is 11.5.